The molecule has 118 valence electrons. The number of nitrogens with zero attached hydrogens (tertiary/aromatic N) is 2. The van der Waals surface area contributed by atoms with Gasteiger partial charge in [0.1, 0.15) is 0 Å². The third-order valence-electron chi connectivity index (χ3n) is 3.64. The molecule has 0 aliphatic rings. The molecule has 0 atom stereocenters. The molecule has 0 fully saturated rings. The van der Waals surface area contributed by atoms with E-state index in [2.05, 4.69) is 0 Å². The van der Waals surface area contributed by atoms with Gasteiger partial charge >= 0.3 is 0 Å². The summed E-state index contributed by atoms with van der Waals surface area (Å²) in [5, 5.41) is 21.8. The zero-order chi connectivity index (χ0) is 17.1. The number of rotatable bonds is 4. The van der Waals surface area contributed by atoms with Crippen LogP contribution in [0, 0.1) is 20.2 Å². The second-order valence-corrected chi connectivity index (χ2v) is 5.20. The van der Waals surface area contributed by atoms with Gasteiger partial charge in [0.15, 0.2) is 0 Å². The van der Waals surface area contributed by atoms with E-state index in [1.54, 1.807) is 24.3 Å². The molecule has 0 unspecified atom stereocenters. The molecule has 6 heteroatoms. The van der Waals surface area contributed by atoms with Gasteiger partial charge in [-0.15, -0.1) is 0 Å². The van der Waals surface area contributed by atoms with E-state index in [9.17, 15) is 20.2 Å². The smallest absolute Gasteiger partial charge is 0.258 e. The predicted molar refractivity (Wildman–Crippen MR) is 90.6 cm³/mol. The lowest BCUT2D eigenvalue weighted by Gasteiger charge is -2.06. The molecule has 3 aromatic rings. The van der Waals surface area contributed by atoms with Crippen LogP contribution in [-0.4, -0.2) is 9.85 Å². The lowest BCUT2D eigenvalue weighted by molar-refractivity contribution is -0.385. The normalized spacial score (nSPS) is 10.3. The Morgan fingerprint density at radius 3 is 1.25 bits per heavy atom. The van der Waals surface area contributed by atoms with Crippen molar-refractivity contribution in [2.45, 2.75) is 0 Å². The molecule has 0 bridgehead atoms. The molecule has 0 aromatic heterocycles. The Bertz CT molecular complexity index is 865. The Kier molecular flexibility index (Phi) is 4.03. The highest BCUT2D eigenvalue weighted by molar-refractivity contribution is 5.74. The number of non-ortho nitro benzene ring substituents is 2. The average Bonchev–Trinajstić information content (AvgIpc) is 2.62. The second kappa shape index (κ2) is 6.29. The van der Waals surface area contributed by atoms with Crippen molar-refractivity contribution in [3.63, 3.8) is 0 Å². The fourth-order valence-electron chi connectivity index (χ4n) is 2.48. The minimum atomic E-state index is -0.437. The molecule has 0 radical (unpaired) electrons. The molecule has 0 N–H and O–H groups in total. The van der Waals surface area contributed by atoms with E-state index in [1.165, 1.54) is 24.3 Å². The van der Waals surface area contributed by atoms with Crippen LogP contribution in [0.5, 0.6) is 0 Å². The van der Waals surface area contributed by atoms with Crippen LogP contribution in [0.2, 0.25) is 0 Å². The van der Waals surface area contributed by atoms with Crippen LogP contribution in [0.3, 0.4) is 0 Å². The molecular formula is C18H12N2O4. The van der Waals surface area contributed by atoms with Crippen LogP contribution in [-0.2, 0) is 0 Å². The van der Waals surface area contributed by atoms with Gasteiger partial charge in [-0.25, -0.2) is 0 Å². The lowest BCUT2D eigenvalue weighted by Crippen LogP contribution is -1.89. The largest absolute Gasteiger partial charge is 0.270 e. The van der Waals surface area contributed by atoms with E-state index in [-0.39, 0.29) is 11.4 Å². The molecule has 0 saturated carbocycles. The van der Waals surface area contributed by atoms with E-state index >= 15 is 0 Å². The first kappa shape index (κ1) is 15.4. The number of hydrogen-bond donors (Lipinski definition) is 0. The van der Waals surface area contributed by atoms with Crippen molar-refractivity contribution in [3.05, 3.63) is 93.0 Å². The standard InChI is InChI=1S/C18H12N2O4/c21-19(22)17-8-2-6-15(11-17)13-4-1-5-14(10-13)16-7-3-9-18(12-16)20(23)24/h1-12H. The number of nitro groups is 2. The van der Waals surface area contributed by atoms with Crippen molar-refractivity contribution in [1.29, 1.82) is 0 Å². The van der Waals surface area contributed by atoms with Gasteiger partial charge in [-0.05, 0) is 28.3 Å². The lowest BCUT2D eigenvalue weighted by atomic mass is 9.98. The number of hydrogen-bond acceptors (Lipinski definition) is 4. The van der Waals surface area contributed by atoms with Crippen molar-refractivity contribution >= 4 is 11.4 Å². The van der Waals surface area contributed by atoms with Gasteiger partial charge in [0.25, 0.3) is 11.4 Å². The summed E-state index contributed by atoms with van der Waals surface area (Å²) >= 11 is 0. The summed E-state index contributed by atoms with van der Waals surface area (Å²) in [4.78, 5) is 21.0. The molecule has 0 aliphatic heterocycles. The van der Waals surface area contributed by atoms with Gasteiger partial charge in [0.05, 0.1) is 9.85 Å². The average molecular weight is 320 g/mol. The fraction of sp³-hybridized carbons (Fsp3) is 0. The summed E-state index contributed by atoms with van der Waals surface area (Å²) in [6, 6.07) is 20.1. The van der Waals surface area contributed by atoms with E-state index < -0.39 is 9.85 Å². The van der Waals surface area contributed by atoms with E-state index in [0.717, 1.165) is 22.3 Å². The Morgan fingerprint density at radius 2 is 0.875 bits per heavy atom. The third-order valence-corrected chi connectivity index (χ3v) is 3.64. The van der Waals surface area contributed by atoms with Crippen molar-refractivity contribution in [3.8, 4) is 22.3 Å². The Hall–Kier alpha value is -3.54. The Morgan fingerprint density at radius 1 is 0.542 bits per heavy atom. The molecule has 0 aliphatic carbocycles. The monoisotopic (exact) mass is 320 g/mol. The van der Waals surface area contributed by atoms with Gasteiger partial charge in [-0.1, -0.05) is 42.5 Å². The molecule has 0 saturated heterocycles. The summed E-state index contributed by atoms with van der Waals surface area (Å²) in [7, 11) is 0. The Balaban J connectivity index is 2.04. The van der Waals surface area contributed by atoms with Gasteiger partial charge in [0.2, 0.25) is 0 Å². The molecule has 0 heterocycles. The van der Waals surface area contributed by atoms with Crippen molar-refractivity contribution in [1.82, 2.24) is 0 Å². The molecule has 3 aromatic carbocycles. The van der Waals surface area contributed by atoms with Crippen molar-refractivity contribution < 1.29 is 9.85 Å². The number of nitro benzene ring substituents is 2. The second-order valence-electron chi connectivity index (χ2n) is 5.20. The van der Waals surface area contributed by atoms with E-state index in [4.69, 9.17) is 0 Å². The van der Waals surface area contributed by atoms with Gasteiger partial charge in [-0.2, -0.15) is 0 Å². The first-order valence-corrected chi connectivity index (χ1v) is 7.14. The molecule has 0 amide bonds. The summed E-state index contributed by atoms with van der Waals surface area (Å²) < 4.78 is 0. The van der Waals surface area contributed by atoms with Crippen LogP contribution in [0.25, 0.3) is 22.3 Å². The summed E-state index contributed by atoms with van der Waals surface area (Å²) in [6.45, 7) is 0. The quantitative estimate of drug-likeness (QED) is 0.508. The molecule has 3 rings (SSSR count). The fourth-order valence-corrected chi connectivity index (χ4v) is 2.48. The zero-order valence-electron chi connectivity index (χ0n) is 12.5. The first-order valence-electron chi connectivity index (χ1n) is 7.14. The molecule has 24 heavy (non-hydrogen) atoms. The minimum Gasteiger partial charge on any atom is -0.258 e. The topological polar surface area (TPSA) is 86.3 Å². The van der Waals surface area contributed by atoms with Gasteiger partial charge in [-0.3, -0.25) is 20.2 Å². The Labute approximate surface area is 137 Å². The van der Waals surface area contributed by atoms with E-state index in [0.29, 0.717) is 0 Å². The zero-order valence-corrected chi connectivity index (χ0v) is 12.5. The van der Waals surface area contributed by atoms with Crippen LogP contribution >= 0.6 is 0 Å². The maximum atomic E-state index is 10.9. The highest BCUT2D eigenvalue weighted by atomic mass is 16.6. The molecule has 0 spiro atoms. The van der Waals surface area contributed by atoms with Crippen molar-refractivity contribution in [2.75, 3.05) is 0 Å². The predicted octanol–water partition coefficient (Wildman–Crippen LogP) is 4.84. The SMILES string of the molecule is O=[N+]([O-])c1cccc(-c2cccc(-c3cccc([N+](=O)[O-])c3)c2)c1. The highest BCUT2D eigenvalue weighted by Crippen LogP contribution is 2.29. The van der Waals surface area contributed by atoms with Crippen LogP contribution in [0.1, 0.15) is 0 Å². The number of benzene rings is 3. The van der Waals surface area contributed by atoms with Crippen LogP contribution in [0.15, 0.2) is 72.8 Å². The van der Waals surface area contributed by atoms with E-state index in [1.807, 2.05) is 24.3 Å². The summed E-state index contributed by atoms with van der Waals surface area (Å²) in [5.41, 5.74) is 3.10. The summed E-state index contributed by atoms with van der Waals surface area (Å²) in [5.74, 6) is 0. The van der Waals surface area contributed by atoms with Crippen LogP contribution < -0.4 is 0 Å². The van der Waals surface area contributed by atoms with Gasteiger partial charge < -0.3 is 0 Å². The van der Waals surface area contributed by atoms with Crippen molar-refractivity contribution in [2.24, 2.45) is 0 Å². The molecular weight excluding hydrogens is 308 g/mol. The first-order chi connectivity index (χ1) is 11.5. The third kappa shape index (κ3) is 3.12. The highest BCUT2D eigenvalue weighted by Gasteiger charge is 2.10. The minimum absolute atomic E-state index is 0.0215. The summed E-state index contributed by atoms with van der Waals surface area (Å²) in [6.07, 6.45) is 0. The van der Waals surface area contributed by atoms with Gasteiger partial charge in [0, 0.05) is 24.3 Å². The maximum absolute atomic E-state index is 10.9. The maximum Gasteiger partial charge on any atom is 0.270 e. The molecule has 6 nitrogen and oxygen atoms in total. The van der Waals surface area contributed by atoms with Crippen LogP contribution in [0.4, 0.5) is 11.4 Å².